The van der Waals surface area contributed by atoms with E-state index in [1.165, 1.54) is 30.4 Å². The molecule has 148 valence electrons. The van der Waals surface area contributed by atoms with E-state index >= 15 is 0 Å². The summed E-state index contributed by atoms with van der Waals surface area (Å²) in [4.78, 5) is 7.25. The van der Waals surface area contributed by atoms with Crippen molar-refractivity contribution in [3.63, 3.8) is 0 Å². The predicted octanol–water partition coefficient (Wildman–Crippen LogP) is 3.76. The highest BCUT2D eigenvalue weighted by molar-refractivity contribution is 5.81. The third-order valence-electron chi connectivity index (χ3n) is 5.83. The summed E-state index contributed by atoms with van der Waals surface area (Å²) >= 11 is 0. The van der Waals surface area contributed by atoms with Crippen molar-refractivity contribution in [2.24, 2.45) is 4.99 Å². The standard InChI is InChI=1S/C24H32N4/c1-2-25-24(27-23-17-22(23)20-11-7-4-8-12-20)26-21-13-15-28(16-14-21)18-19-9-5-3-6-10-19/h3-12,21-23H,2,13-18H2,1H3,(H2,25,26,27). The van der Waals surface area contributed by atoms with E-state index in [4.69, 9.17) is 4.99 Å². The first kappa shape index (κ1) is 19.0. The number of nitrogens with zero attached hydrogens (tertiary/aromatic N) is 2. The molecular formula is C24H32N4. The van der Waals surface area contributed by atoms with Gasteiger partial charge in [0.2, 0.25) is 0 Å². The Morgan fingerprint density at radius 2 is 1.64 bits per heavy atom. The van der Waals surface area contributed by atoms with Gasteiger partial charge in [-0.25, -0.2) is 0 Å². The molecule has 1 saturated carbocycles. The lowest BCUT2D eigenvalue weighted by atomic mass is 10.0. The molecule has 2 N–H and O–H groups in total. The average Bonchev–Trinajstić information content (AvgIpc) is 3.50. The fraction of sp³-hybridized carbons (Fsp3) is 0.458. The van der Waals surface area contributed by atoms with Gasteiger partial charge in [-0.2, -0.15) is 0 Å². The Bertz CT molecular complexity index is 751. The van der Waals surface area contributed by atoms with Crippen LogP contribution in [0.5, 0.6) is 0 Å². The number of rotatable bonds is 6. The summed E-state index contributed by atoms with van der Waals surface area (Å²) in [6, 6.07) is 22.6. The molecule has 1 saturated heterocycles. The minimum absolute atomic E-state index is 0.512. The second-order valence-electron chi connectivity index (χ2n) is 8.01. The Labute approximate surface area is 169 Å². The van der Waals surface area contributed by atoms with Gasteiger partial charge in [-0.05, 0) is 37.3 Å². The quantitative estimate of drug-likeness (QED) is 0.596. The Morgan fingerprint density at radius 1 is 0.964 bits per heavy atom. The van der Waals surface area contributed by atoms with E-state index in [2.05, 4.69) is 83.1 Å². The average molecular weight is 377 g/mol. The normalized spacial score (nSPS) is 23.4. The number of aliphatic imine (C=N–C) groups is 1. The minimum Gasteiger partial charge on any atom is -0.354 e. The molecule has 1 aliphatic carbocycles. The van der Waals surface area contributed by atoms with Gasteiger partial charge >= 0.3 is 0 Å². The predicted molar refractivity (Wildman–Crippen MR) is 117 cm³/mol. The molecule has 2 aromatic carbocycles. The molecule has 4 rings (SSSR count). The Kier molecular flexibility index (Phi) is 6.27. The zero-order valence-corrected chi connectivity index (χ0v) is 16.8. The Balaban J connectivity index is 1.24. The smallest absolute Gasteiger partial charge is 0.191 e. The summed E-state index contributed by atoms with van der Waals surface area (Å²) < 4.78 is 0. The van der Waals surface area contributed by atoms with Crippen molar-refractivity contribution in [1.82, 2.24) is 15.5 Å². The van der Waals surface area contributed by atoms with Crippen LogP contribution < -0.4 is 10.6 Å². The lowest BCUT2D eigenvalue weighted by Gasteiger charge is -2.33. The lowest BCUT2D eigenvalue weighted by Crippen LogP contribution is -2.49. The van der Waals surface area contributed by atoms with Crippen molar-refractivity contribution in [3.8, 4) is 0 Å². The van der Waals surface area contributed by atoms with Gasteiger partial charge in [0.25, 0.3) is 0 Å². The number of hydrogen-bond donors (Lipinski definition) is 2. The topological polar surface area (TPSA) is 39.7 Å². The number of nitrogens with one attached hydrogen (secondary N) is 2. The molecule has 4 heteroatoms. The van der Waals surface area contributed by atoms with Gasteiger partial charge in [-0.15, -0.1) is 0 Å². The number of piperidine rings is 1. The molecule has 0 bridgehead atoms. The Hall–Kier alpha value is -2.33. The highest BCUT2D eigenvalue weighted by atomic mass is 15.2. The van der Waals surface area contributed by atoms with Crippen LogP contribution in [0.25, 0.3) is 0 Å². The van der Waals surface area contributed by atoms with Gasteiger partial charge in [0.05, 0.1) is 0 Å². The van der Waals surface area contributed by atoms with Gasteiger partial charge in [0.15, 0.2) is 5.96 Å². The summed E-state index contributed by atoms with van der Waals surface area (Å²) in [6.07, 6.45) is 3.54. The zero-order valence-electron chi connectivity index (χ0n) is 16.8. The maximum atomic E-state index is 4.69. The van der Waals surface area contributed by atoms with Gasteiger partial charge in [0.1, 0.15) is 0 Å². The molecule has 2 unspecified atom stereocenters. The molecule has 1 aliphatic heterocycles. The third kappa shape index (κ3) is 5.14. The molecule has 0 amide bonds. The van der Waals surface area contributed by atoms with Crippen molar-refractivity contribution in [1.29, 1.82) is 0 Å². The largest absolute Gasteiger partial charge is 0.354 e. The maximum Gasteiger partial charge on any atom is 0.191 e. The first-order chi connectivity index (χ1) is 13.8. The van der Waals surface area contributed by atoms with Crippen molar-refractivity contribution >= 4 is 5.96 Å². The molecule has 28 heavy (non-hydrogen) atoms. The van der Waals surface area contributed by atoms with E-state index < -0.39 is 0 Å². The van der Waals surface area contributed by atoms with E-state index in [1.807, 2.05) is 0 Å². The number of hydrogen-bond acceptors (Lipinski definition) is 2. The molecule has 1 heterocycles. The molecule has 0 spiro atoms. The monoisotopic (exact) mass is 376 g/mol. The maximum absolute atomic E-state index is 4.69. The van der Waals surface area contributed by atoms with Crippen LogP contribution in [-0.4, -0.2) is 42.6 Å². The fourth-order valence-corrected chi connectivity index (χ4v) is 4.16. The molecule has 2 aliphatic rings. The van der Waals surface area contributed by atoms with Crippen molar-refractivity contribution < 1.29 is 0 Å². The number of benzene rings is 2. The van der Waals surface area contributed by atoms with Crippen LogP contribution in [0.3, 0.4) is 0 Å². The molecule has 0 radical (unpaired) electrons. The first-order valence-corrected chi connectivity index (χ1v) is 10.7. The highest BCUT2D eigenvalue weighted by Crippen LogP contribution is 2.40. The van der Waals surface area contributed by atoms with Gasteiger partial charge in [0, 0.05) is 44.2 Å². The van der Waals surface area contributed by atoms with Crippen LogP contribution in [0, 0.1) is 0 Å². The van der Waals surface area contributed by atoms with E-state index in [1.54, 1.807) is 0 Å². The van der Waals surface area contributed by atoms with Crippen molar-refractivity contribution in [3.05, 3.63) is 71.8 Å². The molecule has 2 aromatic rings. The second-order valence-corrected chi connectivity index (χ2v) is 8.01. The molecule has 4 nitrogen and oxygen atoms in total. The molecule has 2 fully saturated rings. The van der Waals surface area contributed by atoms with Crippen LogP contribution in [-0.2, 0) is 6.54 Å². The highest BCUT2D eigenvalue weighted by Gasteiger charge is 2.39. The third-order valence-corrected chi connectivity index (χ3v) is 5.83. The van der Waals surface area contributed by atoms with E-state index in [9.17, 15) is 0 Å². The number of guanidine groups is 1. The van der Waals surface area contributed by atoms with E-state index in [0.717, 1.165) is 32.1 Å². The summed E-state index contributed by atoms with van der Waals surface area (Å²) in [5.74, 6) is 1.62. The molecule has 2 atom stereocenters. The fourth-order valence-electron chi connectivity index (χ4n) is 4.16. The SMILES string of the molecule is CCN=C(NC1CCN(Cc2ccccc2)CC1)NC1CC1c1ccccc1. The zero-order chi connectivity index (χ0) is 19.2. The van der Waals surface area contributed by atoms with Crippen LogP contribution in [0.15, 0.2) is 65.7 Å². The summed E-state index contributed by atoms with van der Waals surface area (Å²) in [5, 5.41) is 7.36. The minimum atomic E-state index is 0.512. The lowest BCUT2D eigenvalue weighted by molar-refractivity contribution is 0.198. The van der Waals surface area contributed by atoms with Crippen LogP contribution in [0.4, 0.5) is 0 Å². The van der Waals surface area contributed by atoms with Crippen LogP contribution in [0.2, 0.25) is 0 Å². The van der Waals surface area contributed by atoms with Crippen molar-refractivity contribution in [2.75, 3.05) is 19.6 Å². The van der Waals surface area contributed by atoms with Crippen LogP contribution in [0.1, 0.15) is 43.2 Å². The van der Waals surface area contributed by atoms with Gasteiger partial charge < -0.3 is 10.6 Å². The van der Waals surface area contributed by atoms with Crippen LogP contribution >= 0.6 is 0 Å². The van der Waals surface area contributed by atoms with E-state index in [0.29, 0.717) is 18.0 Å². The summed E-state index contributed by atoms with van der Waals surface area (Å²) in [7, 11) is 0. The van der Waals surface area contributed by atoms with Gasteiger partial charge in [-0.1, -0.05) is 60.7 Å². The first-order valence-electron chi connectivity index (χ1n) is 10.7. The Morgan fingerprint density at radius 3 is 2.32 bits per heavy atom. The van der Waals surface area contributed by atoms with Gasteiger partial charge in [-0.3, -0.25) is 9.89 Å². The van der Waals surface area contributed by atoms with E-state index in [-0.39, 0.29) is 0 Å². The second kappa shape index (κ2) is 9.24. The van der Waals surface area contributed by atoms with Crippen molar-refractivity contribution in [2.45, 2.75) is 50.7 Å². The summed E-state index contributed by atoms with van der Waals surface area (Å²) in [6.45, 7) is 6.25. The molecule has 0 aromatic heterocycles. The molecular weight excluding hydrogens is 344 g/mol. The summed E-state index contributed by atoms with van der Waals surface area (Å²) in [5.41, 5.74) is 2.84. The number of likely N-dealkylation sites (tertiary alicyclic amines) is 1.